The van der Waals surface area contributed by atoms with Gasteiger partial charge in [-0.2, -0.15) is 0 Å². The van der Waals surface area contributed by atoms with Crippen molar-refractivity contribution in [1.29, 1.82) is 0 Å². The van der Waals surface area contributed by atoms with E-state index in [9.17, 15) is 9.90 Å². The molecule has 116 valence electrons. The van der Waals surface area contributed by atoms with Crippen molar-refractivity contribution in [2.45, 2.75) is 31.4 Å². The lowest BCUT2D eigenvalue weighted by atomic mass is 9.84. The number of halogens is 1. The Labute approximate surface area is 131 Å². The maximum absolute atomic E-state index is 12.3. The Hall–Kier alpha value is -1.10. The van der Waals surface area contributed by atoms with E-state index in [1.807, 2.05) is 30.3 Å². The Morgan fingerprint density at radius 3 is 2.57 bits per heavy atom. The van der Waals surface area contributed by atoms with Gasteiger partial charge in [0.1, 0.15) is 0 Å². The van der Waals surface area contributed by atoms with Gasteiger partial charge in [-0.1, -0.05) is 30.3 Å². The zero-order chi connectivity index (χ0) is 14.1. The lowest BCUT2D eigenvalue weighted by Crippen LogP contribution is -2.46. The Morgan fingerprint density at radius 1 is 1.29 bits per heavy atom. The molecule has 0 heterocycles. The number of carbonyl (C=O) groups excluding carboxylic acids is 1. The van der Waals surface area contributed by atoms with Crippen LogP contribution < -0.4 is 11.1 Å². The van der Waals surface area contributed by atoms with Gasteiger partial charge in [0.15, 0.2) is 0 Å². The summed E-state index contributed by atoms with van der Waals surface area (Å²) in [5.41, 5.74) is 6.98. The number of amides is 1. The number of nitrogens with one attached hydrogen (secondary N) is 1. The van der Waals surface area contributed by atoms with E-state index in [0.29, 0.717) is 11.8 Å². The van der Waals surface area contributed by atoms with Crippen LogP contribution in [0.1, 0.15) is 30.9 Å². The van der Waals surface area contributed by atoms with Gasteiger partial charge < -0.3 is 16.2 Å². The predicted molar refractivity (Wildman–Crippen MR) is 84.0 cm³/mol. The third-order valence-corrected chi connectivity index (χ3v) is 4.94. The van der Waals surface area contributed by atoms with Gasteiger partial charge in [-0.25, -0.2) is 0 Å². The molecule has 5 unspecified atom stereocenters. The van der Waals surface area contributed by atoms with E-state index in [0.717, 1.165) is 18.4 Å². The van der Waals surface area contributed by atoms with Crippen LogP contribution in [0.15, 0.2) is 30.3 Å². The van der Waals surface area contributed by atoms with Crippen LogP contribution in [0.3, 0.4) is 0 Å². The van der Waals surface area contributed by atoms with E-state index in [-0.39, 0.29) is 36.8 Å². The van der Waals surface area contributed by atoms with Crippen LogP contribution in [-0.4, -0.2) is 23.6 Å². The summed E-state index contributed by atoms with van der Waals surface area (Å²) >= 11 is 0. The van der Waals surface area contributed by atoms with Crippen molar-refractivity contribution in [3.8, 4) is 0 Å². The van der Waals surface area contributed by atoms with E-state index in [1.54, 1.807) is 0 Å². The lowest BCUT2D eigenvalue weighted by Gasteiger charge is -2.27. The minimum atomic E-state index is -0.657. The van der Waals surface area contributed by atoms with Crippen molar-refractivity contribution >= 4 is 18.3 Å². The molecule has 0 radical (unpaired) electrons. The molecule has 21 heavy (non-hydrogen) atoms. The first kappa shape index (κ1) is 16.3. The molecular formula is C16H23ClN2O2. The monoisotopic (exact) mass is 310 g/mol. The van der Waals surface area contributed by atoms with Gasteiger partial charge in [0, 0.05) is 12.6 Å². The zero-order valence-electron chi connectivity index (χ0n) is 11.9. The van der Waals surface area contributed by atoms with Gasteiger partial charge in [0.25, 0.3) is 0 Å². The summed E-state index contributed by atoms with van der Waals surface area (Å²) < 4.78 is 0. The fourth-order valence-electron chi connectivity index (χ4n) is 3.83. The van der Waals surface area contributed by atoms with Crippen molar-refractivity contribution in [2.75, 3.05) is 6.54 Å². The fourth-order valence-corrected chi connectivity index (χ4v) is 3.83. The number of nitrogens with two attached hydrogens (primary N) is 1. The van der Waals surface area contributed by atoms with E-state index in [2.05, 4.69) is 5.32 Å². The minimum absolute atomic E-state index is 0. The van der Waals surface area contributed by atoms with Gasteiger partial charge in [0.2, 0.25) is 5.91 Å². The Bertz CT molecular complexity index is 480. The number of benzene rings is 1. The Morgan fingerprint density at radius 2 is 1.95 bits per heavy atom. The second kappa shape index (κ2) is 6.77. The second-order valence-corrected chi connectivity index (χ2v) is 6.11. The highest BCUT2D eigenvalue weighted by Gasteiger charge is 2.48. The van der Waals surface area contributed by atoms with Crippen molar-refractivity contribution < 1.29 is 9.90 Å². The van der Waals surface area contributed by atoms with E-state index in [1.165, 1.54) is 6.42 Å². The highest BCUT2D eigenvalue weighted by Crippen LogP contribution is 2.47. The molecule has 0 aromatic heterocycles. The molecule has 2 bridgehead atoms. The quantitative estimate of drug-likeness (QED) is 0.791. The van der Waals surface area contributed by atoms with Gasteiger partial charge in [-0.3, -0.25) is 4.79 Å². The zero-order valence-corrected chi connectivity index (χ0v) is 12.8. The second-order valence-electron chi connectivity index (χ2n) is 6.11. The number of fused-ring (bicyclic) bond motifs is 2. The summed E-state index contributed by atoms with van der Waals surface area (Å²) in [6.45, 7) is 0.253. The minimum Gasteiger partial charge on any atom is -0.387 e. The molecule has 2 fully saturated rings. The normalized spacial score (nSPS) is 31.5. The summed E-state index contributed by atoms with van der Waals surface area (Å²) in [6.07, 6.45) is 2.73. The van der Waals surface area contributed by atoms with Crippen molar-refractivity contribution in [3.63, 3.8) is 0 Å². The molecule has 0 aliphatic heterocycles. The van der Waals surface area contributed by atoms with E-state index < -0.39 is 6.10 Å². The largest absolute Gasteiger partial charge is 0.387 e. The topological polar surface area (TPSA) is 75.4 Å². The van der Waals surface area contributed by atoms with Crippen LogP contribution in [0.4, 0.5) is 0 Å². The molecule has 1 amide bonds. The number of aliphatic hydroxyl groups is 1. The number of hydrogen-bond donors (Lipinski definition) is 3. The summed E-state index contributed by atoms with van der Waals surface area (Å²) in [4.78, 5) is 12.3. The molecule has 0 saturated heterocycles. The average Bonchev–Trinajstić information content (AvgIpc) is 3.06. The first-order valence-electron chi connectivity index (χ1n) is 7.43. The van der Waals surface area contributed by atoms with Crippen LogP contribution in [0.5, 0.6) is 0 Å². The lowest BCUT2D eigenvalue weighted by molar-refractivity contribution is -0.127. The molecular weight excluding hydrogens is 288 g/mol. The van der Waals surface area contributed by atoms with Crippen LogP contribution >= 0.6 is 12.4 Å². The molecule has 3 rings (SSSR count). The van der Waals surface area contributed by atoms with Crippen LogP contribution in [0.25, 0.3) is 0 Å². The fraction of sp³-hybridized carbons (Fsp3) is 0.562. The molecule has 4 N–H and O–H groups in total. The molecule has 4 nitrogen and oxygen atoms in total. The molecule has 2 aliphatic rings. The van der Waals surface area contributed by atoms with Gasteiger partial charge >= 0.3 is 0 Å². The maximum atomic E-state index is 12.3. The standard InChI is InChI=1S/C16H22N2O2.ClH/c17-15-12-7-6-11(8-12)14(15)16(20)18-9-13(19)10-4-2-1-3-5-10;/h1-5,11-15,19H,6-9,17H2,(H,18,20);1H. The van der Waals surface area contributed by atoms with Gasteiger partial charge in [-0.05, 0) is 36.7 Å². The first-order chi connectivity index (χ1) is 9.66. The van der Waals surface area contributed by atoms with Crippen molar-refractivity contribution in [3.05, 3.63) is 35.9 Å². The molecule has 1 aromatic rings. The summed E-state index contributed by atoms with van der Waals surface area (Å²) in [7, 11) is 0. The maximum Gasteiger partial charge on any atom is 0.225 e. The van der Waals surface area contributed by atoms with Crippen LogP contribution in [0.2, 0.25) is 0 Å². The van der Waals surface area contributed by atoms with Gasteiger partial charge in [-0.15, -0.1) is 12.4 Å². The highest BCUT2D eigenvalue weighted by molar-refractivity contribution is 5.85. The summed E-state index contributed by atoms with van der Waals surface area (Å²) in [6, 6.07) is 9.39. The average molecular weight is 311 g/mol. The SMILES string of the molecule is Cl.NC1C2CCC(C2)C1C(=O)NCC(O)c1ccccc1. The van der Waals surface area contributed by atoms with Crippen LogP contribution in [-0.2, 0) is 4.79 Å². The number of aliphatic hydroxyl groups excluding tert-OH is 1. The smallest absolute Gasteiger partial charge is 0.225 e. The Balaban J connectivity index is 0.00000161. The van der Waals surface area contributed by atoms with Gasteiger partial charge in [0.05, 0.1) is 12.0 Å². The molecule has 5 atom stereocenters. The predicted octanol–water partition coefficient (Wildman–Crippen LogP) is 1.63. The summed E-state index contributed by atoms with van der Waals surface area (Å²) in [5, 5.41) is 12.9. The van der Waals surface area contributed by atoms with Crippen LogP contribution in [0, 0.1) is 17.8 Å². The number of carbonyl (C=O) groups is 1. The van der Waals surface area contributed by atoms with Crippen molar-refractivity contribution in [1.82, 2.24) is 5.32 Å². The number of rotatable bonds is 4. The highest BCUT2D eigenvalue weighted by atomic mass is 35.5. The third kappa shape index (κ3) is 3.23. The molecule has 5 heteroatoms. The Kier molecular flexibility index (Phi) is 5.25. The van der Waals surface area contributed by atoms with Crippen molar-refractivity contribution in [2.24, 2.45) is 23.5 Å². The molecule has 1 aromatic carbocycles. The first-order valence-corrected chi connectivity index (χ1v) is 7.43. The summed E-state index contributed by atoms with van der Waals surface area (Å²) in [5.74, 6) is 0.926. The molecule has 2 aliphatic carbocycles. The van der Waals surface area contributed by atoms with E-state index >= 15 is 0 Å². The molecule has 0 spiro atoms. The molecule has 2 saturated carbocycles. The third-order valence-electron chi connectivity index (χ3n) is 4.94. The number of hydrogen-bond acceptors (Lipinski definition) is 3. The van der Waals surface area contributed by atoms with E-state index in [4.69, 9.17) is 5.73 Å².